The number of fused-ring (bicyclic) bond motifs is 2. The number of rotatable bonds is 1. The predicted molar refractivity (Wildman–Crippen MR) is 76.4 cm³/mol. The Balaban J connectivity index is 2.11. The molecule has 1 atom stereocenters. The SMILES string of the molecule is COC(=O)c1ccc2c(c1)S(=O)c1ccc(C)cc1C2. The lowest BCUT2D eigenvalue weighted by molar-refractivity contribution is 0.0600. The second-order valence-electron chi connectivity index (χ2n) is 4.87. The van der Waals surface area contributed by atoms with Crippen molar-refractivity contribution in [3.8, 4) is 0 Å². The molecule has 0 saturated carbocycles. The molecule has 2 aromatic carbocycles. The van der Waals surface area contributed by atoms with E-state index in [0.717, 1.165) is 28.0 Å². The van der Waals surface area contributed by atoms with Crippen molar-refractivity contribution < 1.29 is 13.7 Å². The zero-order chi connectivity index (χ0) is 14.3. The molecule has 0 spiro atoms. The first-order valence-electron chi connectivity index (χ1n) is 6.32. The summed E-state index contributed by atoms with van der Waals surface area (Å²) in [5.41, 5.74) is 3.71. The normalized spacial score (nSPS) is 16.2. The van der Waals surface area contributed by atoms with Crippen LogP contribution >= 0.6 is 0 Å². The molecule has 3 nitrogen and oxygen atoms in total. The Kier molecular flexibility index (Phi) is 3.18. The van der Waals surface area contributed by atoms with Gasteiger partial charge < -0.3 is 4.74 Å². The smallest absolute Gasteiger partial charge is 0.337 e. The van der Waals surface area contributed by atoms with E-state index < -0.39 is 16.8 Å². The number of hydrogen-bond donors (Lipinski definition) is 0. The second kappa shape index (κ2) is 4.87. The Hall–Kier alpha value is -1.94. The van der Waals surface area contributed by atoms with Crippen LogP contribution in [0.2, 0.25) is 0 Å². The third-order valence-corrected chi connectivity index (χ3v) is 5.06. The Morgan fingerprint density at radius 2 is 1.90 bits per heavy atom. The van der Waals surface area contributed by atoms with Gasteiger partial charge in [0.2, 0.25) is 0 Å². The molecule has 0 bridgehead atoms. The van der Waals surface area contributed by atoms with Crippen LogP contribution in [0.5, 0.6) is 0 Å². The summed E-state index contributed by atoms with van der Waals surface area (Å²) in [4.78, 5) is 13.1. The number of carbonyl (C=O) groups excluding carboxylic acids is 1. The van der Waals surface area contributed by atoms with Gasteiger partial charge in [0.05, 0.1) is 23.5 Å². The van der Waals surface area contributed by atoms with Gasteiger partial charge in [-0.05, 0) is 42.7 Å². The van der Waals surface area contributed by atoms with E-state index in [0.29, 0.717) is 10.5 Å². The van der Waals surface area contributed by atoms with Gasteiger partial charge in [0.1, 0.15) is 0 Å². The summed E-state index contributed by atoms with van der Waals surface area (Å²) in [5.74, 6) is -0.403. The fourth-order valence-corrected chi connectivity index (χ4v) is 3.88. The van der Waals surface area contributed by atoms with Crippen LogP contribution in [-0.4, -0.2) is 17.3 Å². The van der Waals surface area contributed by atoms with Crippen molar-refractivity contribution in [2.45, 2.75) is 23.1 Å². The zero-order valence-electron chi connectivity index (χ0n) is 11.3. The first kappa shape index (κ1) is 13.1. The van der Waals surface area contributed by atoms with Crippen LogP contribution in [0.15, 0.2) is 46.2 Å². The average molecular weight is 286 g/mol. The lowest BCUT2D eigenvalue weighted by Gasteiger charge is -2.19. The molecule has 2 aromatic rings. The summed E-state index contributed by atoms with van der Waals surface area (Å²) in [5, 5.41) is 0. The largest absolute Gasteiger partial charge is 0.465 e. The molecule has 0 aliphatic carbocycles. The molecule has 0 aromatic heterocycles. The van der Waals surface area contributed by atoms with Crippen LogP contribution in [0.4, 0.5) is 0 Å². The molecular formula is C16H14O3S. The summed E-state index contributed by atoms with van der Waals surface area (Å²) >= 11 is 0. The first-order valence-corrected chi connectivity index (χ1v) is 7.47. The fraction of sp³-hybridized carbons (Fsp3) is 0.188. The molecule has 0 radical (unpaired) electrons. The predicted octanol–water partition coefficient (Wildman–Crippen LogP) is 2.85. The van der Waals surface area contributed by atoms with Crippen LogP contribution < -0.4 is 0 Å². The quantitative estimate of drug-likeness (QED) is 0.646. The van der Waals surface area contributed by atoms with Crippen molar-refractivity contribution in [3.63, 3.8) is 0 Å². The van der Waals surface area contributed by atoms with E-state index in [-0.39, 0.29) is 0 Å². The molecule has 1 aliphatic heterocycles. The van der Waals surface area contributed by atoms with E-state index in [1.807, 2.05) is 25.1 Å². The fourth-order valence-electron chi connectivity index (χ4n) is 2.47. The van der Waals surface area contributed by atoms with Crippen LogP contribution in [0.25, 0.3) is 0 Å². The van der Waals surface area contributed by atoms with Crippen molar-refractivity contribution in [2.24, 2.45) is 0 Å². The number of carbonyl (C=O) groups is 1. The third kappa shape index (κ3) is 2.06. The van der Waals surface area contributed by atoms with Crippen LogP contribution in [0, 0.1) is 6.92 Å². The van der Waals surface area contributed by atoms with Gasteiger partial charge in [-0.1, -0.05) is 23.8 Å². The van der Waals surface area contributed by atoms with Gasteiger partial charge in [-0.15, -0.1) is 0 Å². The molecule has 0 amide bonds. The molecule has 1 aliphatic rings. The molecule has 102 valence electrons. The van der Waals surface area contributed by atoms with Crippen molar-refractivity contribution in [1.29, 1.82) is 0 Å². The summed E-state index contributed by atoms with van der Waals surface area (Å²) in [6.45, 7) is 2.03. The highest BCUT2D eigenvalue weighted by molar-refractivity contribution is 7.85. The topological polar surface area (TPSA) is 43.4 Å². The standard InChI is InChI=1S/C16H14O3S/c1-10-3-6-14-13(7-10)8-11-4-5-12(16(17)19-2)9-15(11)20(14)18/h3-7,9H,8H2,1-2H3. The van der Waals surface area contributed by atoms with Crippen molar-refractivity contribution in [2.75, 3.05) is 7.11 Å². The van der Waals surface area contributed by atoms with E-state index in [4.69, 9.17) is 4.74 Å². The summed E-state index contributed by atoms with van der Waals surface area (Å²) in [6, 6.07) is 11.2. The van der Waals surface area contributed by atoms with Gasteiger partial charge in [-0.3, -0.25) is 0 Å². The van der Waals surface area contributed by atoms with Gasteiger partial charge >= 0.3 is 5.97 Å². The molecule has 3 rings (SSSR count). The van der Waals surface area contributed by atoms with Gasteiger partial charge in [0.15, 0.2) is 0 Å². The van der Waals surface area contributed by atoms with E-state index in [9.17, 15) is 9.00 Å². The lowest BCUT2D eigenvalue weighted by Crippen LogP contribution is -2.11. The van der Waals surface area contributed by atoms with E-state index in [1.165, 1.54) is 7.11 Å². The number of ether oxygens (including phenoxy) is 1. The van der Waals surface area contributed by atoms with Gasteiger partial charge in [0, 0.05) is 9.79 Å². The van der Waals surface area contributed by atoms with Gasteiger partial charge in [0.25, 0.3) is 0 Å². The number of hydrogen-bond acceptors (Lipinski definition) is 3. The Labute approximate surface area is 120 Å². The Morgan fingerprint density at radius 1 is 1.10 bits per heavy atom. The minimum absolute atomic E-state index is 0.403. The average Bonchev–Trinajstić information content (AvgIpc) is 2.46. The molecule has 4 heteroatoms. The van der Waals surface area contributed by atoms with Crippen molar-refractivity contribution in [3.05, 3.63) is 58.7 Å². The number of benzene rings is 2. The summed E-state index contributed by atoms with van der Waals surface area (Å²) < 4.78 is 17.4. The third-order valence-electron chi connectivity index (χ3n) is 3.48. The Bertz CT molecular complexity index is 734. The van der Waals surface area contributed by atoms with Crippen LogP contribution in [-0.2, 0) is 22.0 Å². The van der Waals surface area contributed by atoms with Crippen LogP contribution in [0.1, 0.15) is 27.0 Å². The van der Waals surface area contributed by atoms with Crippen molar-refractivity contribution in [1.82, 2.24) is 0 Å². The zero-order valence-corrected chi connectivity index (χ0v) is 12.1. The maximum absolute atomic E-state index is 12.6. The molecule has 1 unspecified atom stereocenters. The molecule has 1 heterocycles. The summed E-state index contributed by atoms with van der Waals surface area (Å²) in [7, 11) is 0.109. The van der Waals surface area contributed by atoms with Crippen molar-refractivity contribution >= 4 is 16.8 Å². The Morgan fingerprint density at radius 3 is 2.65 bits per heavy atom. The highest BCUT2D eigenvalue weighted by Gasteiger charge is 2.23. The van der Waals surface area contributed by atoms with E-state index in [1.54, 1.807) is 12.1 Å². The summed E-state index contributed by atoms with van der Waals surface area (Å²) in [6.07, 6.45) is 0.750. The molecule has 20 heavy (non-hydrogen) atoms. The number of esters is 1. The van der Waals surface area contributed by atoms with E-state index in [2.05, 4.69) is 6.07 Å². The minimum atomic E-state index is -1.23. The van der Waals surface area contributed by atoms with E-state index >= 15 is 0 Å². The molecule has 0 N–H and O–H groups in total. The molecular weight excluding hydrogens is 272 g/mol. The van der Waals surface area contributed by atoms with Gasteiger partial charge in [-0.25, -0.2) is 9.00 Å². The first-order chi connectivity index (χ1) is 9.60. The highest BCUT2D eigenvalue weighted by atomic mass is 32.2. The van der Waals surface area contributed by atoms with Gasteiger partial charge in [-0.2, -0.15) is 0 Å². The lowest BCUT2D eigenvalue weighted by atomic mass is 10.0. The second-order valence-corrected chi connectivity index (χ2v) is 6.29. The molecule has 0 saturated heterocycles. The number of aryl methyl sites for hydroxylation is 1. The monoisotopic (exact) mass is 286 g/mol. The maximum atomic E-state index is 12.6. The highest BCUT2D eigenvalue weighted by Crippen LogP contribution is 2.32. The molecule has 0 fully saturated rings. The number of methoxy groups -OCH3 is 1. The minimum Gasteiger partial charge on any atom is -0.465 e. The maximum Gasteiger partial charge on any atom is 0.337 e. The van der Waals surface area contributed by atoms with Crippen LogP contribution in [0.3, 0.4) is 0 Å².